The molecule has 2 aromatic rings. The highest BCUT2D eigenvalue weighted by Crippen LogP contribution is 2.02. The first-order chi connectivity index (χ1) is 11.7. The van der Waals surface area contributed by atoms with Crippen molar-refractivity contribution in [3.63, 3.8) is 0 Å². The third-order valence-electron chi connectivity index (χ3n) is 3.11. The van der Waals surface area contributed by atoms with Gasteiger partial charge in [0.25, 0.3) is 11.8 Å². The molecule has 6 heteroatoms. The van der Waals surface area contributed by atoms with Crippen molar-refractivity contribution in [2.75, 3.05) is 6.54 Å². The summed E-state index contributed by atoms with van der Waals surface area (Å²) in [7, 11) is 0. The molecule has 0 unspecified atom stereocenters. The predicted octanol–water partition coefficient (Wildman–Crippen LogP) is 1.85. The highest BCUT2D eigenvalue weighted by atomic mass is 16.2. The number of nitrogens with zero attached hydrogens (tertiary/aromatic N) is 2. The Labute approximate surface area is 139 Å². The van der Waals surface area contributed by atoms with Crippen molar-refractivity contribution in [2.45, 2.75) is 6.42 Å². The molecule has 6 nitrogen and oxygen atoms in total. The molecule has 0 spiro atoms. The Hall–Kier alpha value is -3.46. The van der Waals surface area contributed by atoms with Crippen molar-refractivity contribution in [1.82, 2.24) is 10.7 Å². The molecule has 0 aliphatic heterocycles. The van der Waals surface area contributed by atoms with Gasteiger partial charge in [0.15, 0.2) is 0 Å². The highest BCUT2D eigenvalue weighted by molar-refractivity contribution is 6.05. The van der Waals surface area contributed by atoms with Gasteiger partial charge in [-0.05, 0) is 17.7 Å². The van der Waals surface area contributed by atoms with Gasteiger partial charge in [0.1, 0.15) is 6.42 Å². The topological polar surface area (TPSA) is 94.3 Å². The minimum Gasteiger partial charge on any atom is -0.346 e. The van der Waals surface area contributed by atoms with Gasteiger partial charge in [0, 0.05) is 5.56 Å². The molecular weight excluding hydrogens is 304 g/mol. The molecule has 0 bridgehead atoms. The van der Waals surface area contributed by atoms with Crippen LogP contribution in [0.25, 0.3) is 0 Å². The van der Waals surface area contributed by atoms with E-state index in [9.17, 15) is 9.59 Å². The molecule has 0 fully saturated rings. The van der Waals surface area contributed by atoms with Crippen LogP contribution >= 0.6 is 0 Å². The van der Waals surface area contributed by atoms with Crippen molar-refractivity contribution in [3.05, 3.63) is 71.8 Å². The Morgan fingerprint density at radius 1 is 0.958 bits per heavy atom. The molecule has 0 aliphatic rings. The lowest BCUT2D eigenvalue weighted by Gasteiger charge is -2.09. The van der Waals surface area contributed by atoms with E-state index in [0.717, 1.165) is 5.56 Å². The van der Waals surface area contributed by atoms with Gasteiger partial charge in [-0.2, -0.15) is 10.4 Å². The number of rotatable bonds is 6. The van der Waals surface area contributed by atoms with Gasteiger partial charge in [-0.1, -0.05) is 48.5 Å². The molecule has 2 rings (SSSR count). The smallest absolute Gasteiger partial charge is 0.254 e. The van der Waals surface area contributed by atoms with Crippen LogP contribution in [0.4, 0.5) is 0 Å². The van der Waals surface area contributed by atoms with Crippen LogP contribution in [0, 0.1) is 11.3 Å². The SMILES string of the molecule is N#CCC(=O)NN=C(CNC(=O)c1ccccc1)c1ccccc1. The van der Waals surface area contributed by atoms with Crippen LogP contribution in [-0.4, -0.2) is 24.1 Å². The summed E-state index contributed by atoms with van der Waals surface area (Å²) in [6, 6.07) is 19.7. The summed E-state index contributed by atoms with van der Waals surface area (Å²) in [6.45, 7) is 0.143. The second-order valence-electron chi connectivity index (χ2n) is 4.84. The lowest BCUT2D eigenvalue weighted by atomic mass is 10.1. The highest BCUT2D eigenvalue weighted by Gasteiger charge is 2.09. The molecule has 0 radical (unpaired) electrons. The Bertz CT molecular complexity index is 765. The number of hydrogen-bond donors (Lipinski definition) is 2. The van der Waals surface area contributed by atoms with E-state index in [1.54, 1.807) is 30.3 Å². The number of hydrogen-bond acceptors (Lipinski definition) is 4. The second kappa shape index (κ2) is 8.86. The molecule has 0 aliphatic carbocycles. The maximum Gasteiger partial charge on any atom is 0.254 e. The van der Waals surface area contributed by atoms with Crippen LogP contribution in [0.5, 0.6) is 0 Å². The lowest BCUT2D eigenvalue weighted by molar-refractivity contribution is -0.120. The monoisotopic (exact) mass is 320 g/mol. The van der Waals surface area contributed by atoms with Gasteiger partial charge < -0.3 is 5.32 Å². The fraction of sp³-hybridized carbons (Fsp3) is 0.111. The third kappa shape index (κ3) is 5.07. The Morgan fingerprint density at radius 3 is 2.12 bits per heavy atom. The Morgan fingerprint density at radius 2 is 1.54 bits per heavy atom. The lowest BCUT2D eigenvalue weighted by Crippen LogP contribution is -2.31. The van der Waals surface area contributed by atoms with Crippen LogP contribution in [0.15, 0.2) is 65.8 Å². The number of amides is 2. The van der Waals surface area contributed by atoms with Crippen molar-refractivity contribution < 1.29 is 9.59 Å². The fourth-order valence-corrected chi connectivity index (χ4v) is 1.93. The van der Waals surface area contributed by atoms with Crippen molar-refractivity contribution in [1.29, 1.82) is 5.26 Å². The summed E-state index contributed by atoms with van der Waals surface area (Å²) in [5.74, 6) is -0.733. The molecule has 0 aromatic heterocycles. The number of benzene rings is 2. The Balaban J connectivity index is 2.09. The normalized spacial score (nSPS) is 10.5. The van der Waals surface area contributed by atoms with E-state index in [-0.39, 0.29) is 18.9 Å². The summed E-state index contributed by atoms with van der Waals surface area (Å²) in [5.41, 5.74) is 4.12. The number of carbonyl (C=O) groups excluding carboxylic acids is 2. The molecule has 120 valence electrons. The minimum atomic E-state index is -0.500. The number of carbonyl (C=O) groups is 2. The standard InChI is InChI=1S/C18H16N4O2/c19-12-11-17(23)22-21-16(14-7-3-1-4-8-14)13-20-18(24)15-9-5-2-6-10-15/h1-10H,11,13H2,(H,20,24)(H,22,23). The average Bonchev–Trinajstić information content (AvgIpc) is 2.63. The van der Waals surface area contributed by atoms with E-state index in [1.165, 1.54) is 0 Å². The zero-order valence-corrected chi connectivity index (χ0v) is 12.9. The quantitative estimate of drug-likeness (QED) is 0.628. The first-order valence-corrected chi connectivity index (χ1v) is 7.31. The maximum absolute atomic E-state index is 12.1. The van der Waals surface area contributed by atoms with E-state index in [2.05, 4.69) is 15.8 Å². The van der Waals surface area contributed by atoms with E-state index < -0.39 is 5.91 Å². The summed E-state index contributed by atoms with van der Waals surface area (Å²) >= 11 is 0. The maximum atomic E-state index is 12.1. The predicted molar refractivity (Wildman–Crippen MR) is 90.1 cm³/mol. The minimum absolute atomic E-state index is 0.143. The van der Waals surface area contributed by atoms with Crippen LogP contribution in [0.2, 0.25) is 0 Å². The molecular formula is C18H16N4O2. The first kappa shape index (κ1) is 16.9. The van der Waals surface area contributed by atoms with Crippen LogP contribution in [0.3, 0.4) is 0 Å². The molecule has 24 heavy (non-hydrogen) atoms. The van der Waals surface area contributed by atoms with E-state index >= 15 is 0 Å². The van der Waals surface area contributed by atoms with E-state index in [4.69, 9.17) is 5.26 Å². The number of hydrazone groups is 1. The number of nitriles is 1. The summed E-state index contributed by atoms with van der Waals surface area (Å²) in [5, 5.41) is 15.3. The Kier molecular flexibility index (Phi) is 6.24. The van der Waals surface area contributed by atoms with Crippen LogP contribution in [0.1, 0.15) is 22.3 Å². The average molecular weight is 320 g/mol. The van der Waals surface area contributed by atoms with Gasteiger partial charge in [-0.25, -0.2) is 5.43 Å². The third-order valence-corrected chi connectivity index (χ3v) is 3.11. The van der Waals surface area contributed by atoms with Gasteiger partial charge in [-0.15, -0.1) is 0 Å². The largest absolute Gasteiger partial charge is 0.346 e. The first-order valence-electron chi connectivity index (χ1n) is 7.31. The number of nitrogens with one attached hydrogen (secondary N) is 2. The molecule has 2 N–H and O–H groups in total. The van der Waals surface area contributed by atoms with Crippen LogP contribution < -0.4 is 10.7 Å². The van der Waals surface area contributed by atoms with Crippen LogP contribution in [-0.2, 0) is 4.79 Å². The van der Waals surface area contributed by atoms with E-state index in [0.29, 0.717) is 11.3 Å². The molecule has 0 saturated carbocycles. The summed E-state index contributed by atoms with van der Waals surface area (Å²) in [6.07, 6.45) is -0.276. The van der Waals surface area contributed by atoms with Crippen molar-refractivity contribution in [3.8, 4) is 6.07 Å². The molecule has 2 amide bonds. The molecule has 0 saturated heterocycles. The van der Waals surface area contributed by atoms with Crippen molar-refractivity contribution in [2.24, 2.45) is 5.10 Å². The van der Waals surface area contributed by atoms with Gasteiger partial charge in [0.05, 0.1) is 18.3 Å². The van der Waals surface area contributed by atoms with Gasteiger partial charge in [0.2, 0.25) is 0 Å². The van der Waals surface area contributed by atoms with Gasteiger partial charge in [-0.3, -0.25) is 9.59 Å². The summed E-state index contributed by atoms with van der Waals surface area (Å²) < 4.78 is 0. The molecule has 0 heterocycles. The summed E-state index contributed by atoms with van der Waals surface area (Å²) in [4.78, 5) is 23.5. The van der Waals surface area contributed by atoms with E-state index in [1.807, 2.05) is 36.4 Å². The van der Waals surface area contributed by atoms with Crippen molar-refractivity contribution >= 4 is 17.5 Å². The zero-order valence-electron chi connectivity index (χ0n) is 12.9. The van der Waals surface area contributed by atoms with Gasteiger partial charge >= 0.3 is 0 Å². The second-order valence-corrected chi connectivity index (χ2v) is 4.84. The zero-order chi connectivity index (χ0) is 17.2. The molecule has 0 atom stereocenters. The fourth-order valence-electron chi connectivity index (χ4n) is 1.93. The molecule has 2 aromatic carbocycles.